The number of halogens is 1. The quantitative estimate of drug-likeness (QED) is 0.814. The van der Waals surface area contributed by atoms with Gasteiger partial charge in [-0.05, 0) is 36.8 Å². The number of rotatable bonds is 7. The molecule has 0 aliphatic rings. The first-order chi connectivity index (χ1) is 11.5. The molecule has 1 amide bonds. The Bertz CT molecular complexity index is 689. The maximum absolute atomic E-state index is 12.4. The van der Waals surface area contributed by atoms with Gasteiger partial charge in [-0.3, -0.25) is 4.79 Å². The summed E-state index contributed by atoms with van der Waals surface area (Å²) in [5.74, 6) is 0.238. The molecule has 2 rings (SSSR count). The van der Waals surface area contributed by atoms with Crippen LogP contribution in [0.4, 0.5) is 11.4 Å². The van der Waals surface area contributed by atoms with E-state index in [0.29, 0.717) is 22.2 Å². The Hall–Kier alpha value is -2.27. The number of ether oxygens (including phenoxy) is 1. The van der Waals surface area contributed by atoms with Crippen LogP contribution in [0.5, 0.6) is 5.75 Å². The predicted octanol–water partition coefficient (Wildman–Crippen LogP) is 4.23. The SMILES string of the molecule is CCCCN(C)c1ccc(C(=O)Nc2cc(Cl)ccc2OC)nc1. The van der Waals surface area contributed by atoms with E-state index in [9.17, 15) is 4.79 Å². The predicted molar refractivity (Wildman–Crippen MR) is 98.4 cm³/mol. The van der Waals surface area contributed by atoms with Crippen molar-refractivity contribution >= 4 is 28.9 Å². The molecule has 0 saturated carbocycles. The highest BCUT2D eigenvalue weighted by molar-refractivity contribution is 6.31. The highest BCUT2D eigenvalue weighted by Gasteiger charge is 2.12. The van der Waals surface area contributed by atoms with Crippen LogP contribution in [-0.4, -0.2) is 31.6 Å². The van der Waals surface area contributed by atoms with Crippen molar-refractivity contribution in [2.45, 2.75) is 19.8 Å². The summed E-state index contributed by atoms with van der Waals surface area (Å²) in [5, 5.41) is 3.30. The maximum atomic E-state index is 12.4. The van der Waals surface area contributed by atoms with Crippen LogP contribution in [0.15, 0.2) is 36.5 Å². The van der Waals surface area contributed by atoms with Crippen LogP contribution >= 0.6 is 11.6 Å². The lowest BCUT2D eigenvalue weighted by molar-refractivity contribution is 0.102. The molecule has 0 fully saturated rings. The van der Waals surface area contributed by atoms with Gasteiger partial charge in [-0.15, -0.1) is 0 Å². The fourth-order valence-corrected chi connectivity index (χ4v) is 2.41. The molecule has 0 radical (unpaired) electrons. The molecule has 0 spiro atoms. The molecule has 1 heterocycles. The molecule has 2 aromatic rings. The van der Waals surface area contributed by atoms with Crippen molar-refractivity contribution in [1.82, 2.24) is 4.98 Å². The van der Waals surface area contributed by atoms with Crippen LogP contribution in [0.25, 0.3) is 0 Å². The average molecular weight is 348 g/mol. The van der Waals surface area contributed by atoms with E-state index in [-0.39, 0.29) is 5.91 Å². The van der Waals surface area contributed by atoms with Gasteiger partial charge in [0.25, 0.3) is 5.91 Å². The van der Waals surface area contributed by atoms with Gasteiger partial charge >= 0.3 is 0 Å². The van der Waals surface area contributed by atoms with Gasteiger partial charge in [-0.1, -0.05) is 24.9 Å². The Morgan fingerprint density at radius 3 is 2.75 bits per heavy atom. The Morgan fingerprint density at radius 1 is 1.33 bits per heavy atom. The van der Waals surface area contributed by atoms with Gasteiger partial charge in [0.2, 0.25) is 0 Å². The zero-order valence-corrected chi connectivity index (χ0v) is 14.9. The smallest absolute Gasteiger partial charge is 0.274 e. The third kappa shape index (κ3) is 4.61. The second-order valence-corrected chi connectivity index (χ2v) is 5.91. The normalized spacial score (nSPS) is 10.3. The number of carbonyl (C=O) groups excluding carboxylic acids is 1. The lowest BCUT2D eigenvalue weighted by atomic mass is 10.2. The molecule has 0 atom stereocenters. The monoisotopic (exact) mass is 347 g/mol. The summed E-state index contributed by atoms with van der Waals surface area (Å²) in [7, 11) is 3.56. The van der Waals surface area contributed by atoms with Crippen LogP contribution in [-0.2, 0) is 0 Å². The minimum atomic E-state index is -0.307. The highest BCUT2D eigenvalue weighted by Crippen LogP contribution is 2.28. The summed E-state index contributed by atoms with van der Waals surface area (Å²) in [6.45, 7) is 3.12. The number of hydrogen-bond acceptors (Lipinski definition) is 4. The van der Waals surface area contributed by atoms with E-state index in [1.165, 1.54) is 7.11 Å². The zero-order chi connectivity index (χ0) is 17.5. The fourth-order valence-electron chi connectivity index (χ4n) is 2.23. The summed E-state index contributed by atoms with van der Waals surface area (Å²) >= 11 is 5.97. The van der Waals surface area contributed by atoms with E-state index in [0.717, 1.165) is 25.1 Å². The van der Waals surface area contributed by atoms with Gasteiger partial charge in [-0.25, -0.2) is 4.98 Å². The molecule has 0 unspecified atom stereocenters. The number of amides is 1. The Labute approximate surface area is 147 Å². The lowest BCUT2D eigenvalue weighted by Gasteiger charge is -2.18. The summed E-state index contributed by atoms with van der Waals surface area (Å²) in [4.78, 5) is 18.7. The standard InChI is InChI=1S/C18H22ClN3O2/c1-4-5-10-22(2)14-7-8-15(20-12-14)18(23)21-16-11-13(19)6-9-17(16)24-3/h6-9,11-12H,4-5,10H2,1-3H3,(H,21,23). The Balaban J connectivity index is 2.09. The molecule has 6 heteroatoms. The second-order valence-electron chi connectivity index (χ2n) is 5.48. The highest BCUT2D eigenvalue weighted by atomic mass is 35.5. The van der Waals surface area contributed by atoms with Crippen LogP contribution in [0.2, 0.25) is 5.02 Å². The molecular formula is C18H22ClN3O2. The first kappa shape index (κ1) is 18.1. The van der Waals surface area contributed by atoms with Crippen molar-refractivity contribution in [3.63, 3.8) is 0 Å². The number of unbranched alkanes of at least 4 members (excludes halogenated alkanes) is 1. The number of pyridine rings is 1. The number of hydrogen-bond donors (Lipinski definition) is 1. The van der Waals surface area contributed by atoms with Gasteiger partial charge in [0.1, 0.15) is 11.4 Å². The van der Waals surface area contributed by atoms with Gasteiger partial charge in [0.15, 0.2) is 0 Å². The first-order valence-corrected chi connectivity index (χ1v) is 8.25. The minimum absolute atomic E-state index is 0.307. The number of nitrogens with one attached hydrogen (secondary N) is 1. The zero-order valence-electron chi connectivity index (χ0n) is 14.2. The van der Waals surface area contributed by atoms with Crippen LogP contribution < -0.4 is 15.0 Å². The molecule has 5 nitrogen and oxygen atoms in total. The van der Waals surface area contributed by atoms with Crippen molar-refractivity contribution in [3.8, 4) is 5.75 Å². The van der Waals surface area contributed by atoms with Gasteiger partial charge in [0, 0.05) is 18.6 Å². The molecule has 1 aromatic heterocycles. The van der Waals surface area contributed by atoms with E-state index < -0.39 is 0 Å². The van der Waals surface area contributed by atoms with Crippen molar-refractivity contribution in [2.75, 3.05) is 30.9 Å². The van der Waals surface area contributed by atoms with Gasteiger partial charge in [-0.2, -0.15) is 0 Å². The van der Waals surface area contributed by atoms with Crippen LogP contribution in [0, 0.1) is 0 Å². The largest absolute Gasteiger partial charge is 0.495 e. The maximum Gasteiger partial charge on any atom is 0.274 e. The van der Waals surface area contributed by atoms with E-state index in [4.69, 9.17) is 16.3 Å². The van der Waals surface area contributed by atoms with Crippen molar-refractivity contribution in [2.24, 2.45) is 0 Å². The molecule has 24 heavy (non-hydrogen) atoms. The third-order valence-corrected chi connectivity index (χ3v) is 3.91. The Kier molecular flexibility index (Phi) is 6.44. The first-order valence-electron chi connectivity index (χ1n) is 7.87. The second kappa shape index (κ2) is 8.55. The molecule has 0 aliphatic carbocycles. The summed E-state index contributed by atoms with van der Waals surface area (Å²) in [6.07, 6.45) is 3.97. The lowest BCUT2D eigenvalue weighted by Crippen LogP contribution is -2.19. The molecule has 0 saturated heterocycles. The van der Waals surface area contributed by atoms with E-state index in [1.54, 1.807) is 30.5 Å². The number of anilines is 2. The number of benzene rings is 1. The summed E-state index contributed by atoms with van der Waals surface area (Å²) in [6, 6.07) is 8.66. The number of aromatic nitrogens is 1. The van der Waals surface area contributed by atoms with Gasteiger partial charge in [0.05, 0.1) is 24.7 Å². The number of nitrogens with zero attached hydrogens (tertiary/aromatic N) is 2. The minimum Gasteiger partial charge on any atom is -0.495 e. The van der Waals surface area contributed by atoms with Crippen molar-refractivity contribution in [3.05, 3.63) is 47.2 Å². The molecule has 1 aromatic carbocycles. The molecule has 0 bridgehead atoms. The molecule has 0 aliphatic heterocycles. The van der Waals surface area contributed by atoms with Gasteiger partial charge < -0.3 is 15.0 Å². The number of methoxy groups -OCH3 is 1. The Morgan fingerprint density at radius 2 is 2.12 bits per heavy atom. The third-order valence-electron chi connectivity index (χ3n) is 3.68. The summed E-state index contributed by atoms with van der Waals surface area (Å²) < 4.78 is 5.22. The van der Waals surface area contributed by atoms with Crippen molar-refractivity contribution < 1.29 is 9.53 Å². The molecule has 1 N–H and O–H groups in total. The van der Waals surface area contributed by atoms with E-state index >= 15 is 0 Å². The van der Waals surface area contributed by atoms with E-state index in [1.807, 2.05) is 13.1 Å². The topological polar surface area (TPSA) is 54.5 Å². The molecule has 128 valence electrons. The van der Waals surface area contributed by atoms with Crippen LogP contribution in [0.3, 0.4) is 0 Å². The van der Waals surface area contributed by atoms with Crippen LogP contribution in [0.1, 0.15) is 30.3 Å². The van der Waals surface area contributed by atoms with Crippen molar-refractivity contribution in [1.29, 1.82) is 0 Å². The fraction of sp³-hybridized carbons (Fsp3) is 0.333. The molecular weight excluding hydrogens is 326 g/mol. The average Bonchev–Trinajstić information content (AvgIpc) is 2.60. The summed E-state index contributed by atoms with van der Waals surface area (Å²) in [5.41, 5.74) is 1.84. The number of carbonyl (C=O) groups is 1. The van der Waals surface area contributed by atoms with E-state index in [2.05, 4.69) is 22.1 Å².